The highest BCUT2D eigenvalue weighted by Crippen LogP contribution is 2.34. The van der Waals surface area contributed by atoms with Crippen LogP contribution >= 0.6 is 0 Å². The number of likely N-dealkylation sites (tertiary alicyclic amines) is 1. The first-order valence-electron chi connectivity index (χ1n) is 9.38. The second-order valence-electron chi connectivity index (χ2n) is 7.56. The predicted octanol–water partition coefficient (Wildman–Crippen LogP) is 2.12. The summed E-state index contributed by atoms with van der Waals surface area (Å²) in [7, 11) is 1.97. The van der Waals surface area contributed by atoms with Crippen molar-refractivity contribution in [2.75, 3.05) is 38.1 Å². The molecule has 0 aliphatic carbocycles. The smallest absolute Gasteiger partial charge is 0.253 e. The molecule has 2 saturated heterocycles. The Kier molecular flexibility index (Phi) is 4.62. The number of nitrogens with zero attached hydrogens (tertiary/aromatic N) is 4. The van der Waals surface area contributed by atoms with Crippen LogP contribution in [0.25, 0.3) is 0 Å². The average molecular weight is 374 g/mol. The zero-order valence-corrected chi connectivity index (χ0v) is 15.8. The Hall–Kier alpha value is -3.17. The van der Waals surface area contributed by atoms with Crippen LogP contribution in [-0.4, -0.2) is 60.4 Å². The number of para-hydroxylation sites is 1. The van der Waals surface area contributed by atoms with Gasteiger partial charge in [-0.05, 0) is 49.9 Å². The van der Waals surface area contributed by atoms with Crippen molar-refractivity contribution in [2.24, 2.45) is 0 Å². The molecule has 0 aromatic heterocycles. The molecule has 2 aromatic rings. The van der Waals surface area contributed by atoms with Crippen molar-refractivity contribution in [3.63, 3.8) is 0 Å². The van der Waals surface area contributed by atoms with Crippen molar-refractivity contribution in [1.29, 1.82) is 5.26 Å². The largest absolute Gasteiger partial charge is 0.337 e. The Morgan fingerprint density at radius 2 is 1.79 bits per heavy atom. The fourth-order valence-corrected chi connectivity index (χ4v) is 4.14. The molecule has 0 unspecified atom stereocenters. The Labute approximate surface area is 164 Å². The van der Waals surface area contributed by atoms with Gasteiger partial charge in [-0.1, -0.05) is 18.2 Å². The second-order valence-corrected chi connectivity index (χ2v) is 7.56. The van der Waals surface area contributed by atoms with Crippen molar-refractivity contribution in [2.45, 2.75) is 12.0 Å². The number of nitriles is 1. The Morgan fingerprint density at radius 3 is 2.46 bits per heavy atom. The molecule has 2 amide bonds. The lowest BCUT2D eigenvalue weighted by Gasteiger charge is -2.46. The van der Waals surface area contributed by atoms with Gasteiger partial charge in [-0.2, -0.15) is 5.26 Å². The molecule has 1 spiro atoms. The van der Waals surface area contributed by atoms with Crippen molar-refractivity contribution >= 4 is 17.5 Å². The van der Waals surface area contributed by atoms with Gasteiger partial charge < -0.3 is 9.80 Å². The van der Waals surface area contributed by atoms with E-state index in [9.17, 15) is 9.59 Å². The molecule has 2 fully saturated rings. The summed E-state index contributed by atoms with van der Waals surface area (Å²) < 4.78 is 0. The minimum Gasteiger partial charge on any atom is -0.337 e. The number of hydrogen-bond acceptors (Lipinski definition) is 4. The quantitative estimate of drug-likeness (QED) is 0.808. The highest BCUT2D eigenvalue weighted by atomic mass is 16.2. The Bertz CT molecular complexity index is 935. The maximum absolute atomic E-state index is 12.9. The van der Waals surface area contributed by atoms with Crippen LogP contribution in [-0.2, 0) is 4.79 Å². The normalized spacial score (nSPS) is 22.5. The number of piperazine rings is 1. The zero-order chi connectivity index (χ0) is 19.7. The van der Waals surface area contributed by atoms with E-state index in [1.54, 1.807) is 24.3 Å². The zero-order valence-electron chi connectivity index (χ0n) is 15.8. The Morgan fingerprint density at radius 1 is 1.07 bits per heavy atom. The van der Waals surface area contributed by atoms with Crippen LogP contribution in [0.15, 0.2) is 54.6 Å². The number of carbonyl (C=O) groups excluding carboxylic acids is 2. The molecular formula is C22H22N4O2. The lowest BCUT2D eigenvalue weighted by Crippen LogP contribution is -2.64. The number of hydrogen-bond donors (Lipinski definition) is 0. The van der Waals surface area contributed by atoms with E-state index < -0.39 is 0 Å². The first-order valence-corrected chi connectivity index (χ1v) is 9.38. The monoisotopic (exact) mass is 374 g/mol. The number of amides is 2. The Balaban J connectivity index is 1.54. The molecule has 4 rings (SSSR count). The minimum absolute atomic E-state index is 0.0297. The molecule has 2 aliphatic heterocycles. The summed E-state index contributed by atoms with van der Waals surface area (Å²) in [5, 5.41) is 8.93. The third kappa shape index (κ3) is 3.14. The first-order chi connectivity index (χ1) is 13.5. The van der Waals surface area contributed by atoms with Crippen LogP contribution in [0.5, 0.6) is 0 Å². The highest BCUT2D eigenvalue weighted by Gasteiger charge is 2.48. The summed E-state index contributed by atoms with van der Waals surface area (Å²) in [5.74, 6) is 0.0501. The van der Waals surface area contributed by atoms with Gasteiger partial charge in [0.15, 0.2) is 0 Å². The number of rotatable bonds is 2. The van der Waals surface area contributed by atoms with Gasteiger partial charge in [0.25, 0.3) is 5.91 Å². The average Bonchev–Trinajstić information content (AvgIpc) is 3.16. The third-order valence-electron chi connectivity index (χ3n) is 5.88. The molecule has 28 heavy (non-hydrogen) atoms. The van der Waals surface area contributed by atoms with E-state index in [1.807, 2.05) is 47.2 Å². The van der Waals surface area contributed by atoms with Crippen molar-refractivity contribution < 1.29 is 9.59 Å². The van der Waals surface area contributed by atoms with Gasteiger partial charge in [-0.15, -0.1) is 0 Å². The van der Waals surface area contributed by atoms with E-state index in [-0.39, 0.29) is 17.4 Å². The summed E-state index contributed by atoms with van der Waals surface area (Å²) in [4.78, 5) is 31.4. The molecule has 0 radical (unpaired) electrons. The van der Waals surface area contributed by atoms with Gasteiger partial charge in [0.1, 0.15) is 0 Å². The van der Waals surface area contributed by atoms with E-state index in [1.165, 1.54) is 0 Å². The summed E-state index contributed by atoms with van der Waals surface area (Å²) in [6.45, 7) is 2.15. The fourth-order valence-electron chi connectivity index (χ4n) is 4.14. The predicted molar refractivity (Wildman–Crippen MR) is 106 cm³/mol. The molecule has 2 aliphatic rings. The molecule has 6 nitrogen and oxygen atoms in total. The van der Waals surface area contributed by atoms with Crippen molar-refractivity contribution in [1.82, 2.24) is 9.80 Å². The highest BCUT2D eigenvalue weighted by molar-refractivity contribution is 5.97. The maximum Gasteiger partial charge on any atom is 0.253 e. The van der Waals surface area contributed by atoms with E-state index in [2.05, 4.69) is 11.0 Å². The number of benzene rings is 2. The van der Waals surface area contributed by atoms with Crippen LogP contribution in [0, 0.1) is 11.3 Å². The van der Waals surface area contributed by atoms with Crippen LogP contribution in [0.3, 0.4) is 0 Å². The number of anilines is 1. The summed E-state index contributed by atoms with van der Waals surface area (Å²) in [6, 6.07) is 18.5. The number of likely N-dealkylation sites (N-methyl/N-ethyl adjacent to an activating group) is 1. The van der Waals surface area contributed by atoms with Gasteiger partial charge in [0.05, 0.1) is 23.7 Å². The van der Waals surface area contributed by atoms with Gasteiger partial charge in [0, 0.05) is 30.9 Å². The van der Waals surface area contributed by atoms with E-state index >= 15 is 0 Å². The lowest BCUT2D eigenvalue weighted by molar-refractivity contribution is -0.123. The fraction of sp³-hybridized carbons (Fsp3) is 0.318. The summed E-state index contributed by atoms with van der Waals surface area (Å²) >= 11 is 0. The summed E-state index contributed by atoms with van der Waals surface area (Å²) in [5.41, 5.74) is 1.78. The molecule has 6 heteroatoms. The van der Waals surface area contributed by atoms with Gasteiger partial charge >= 0.3 is 0 Å². The lowest BCUT2D eigenvalue weighted by atomic mass is 9.92. The van der Waals surface area contributed by atoms with Crippen molar-refractivity contribution in [3.05, 3.63) is 65.7 Å². The number of carbonyl (C=O) groups is 2. The van der Waals surface area contributed by atoms with Crippen molar-refractivity contribution in [3.8, 4) is 6.07 Å². The second kappa shape index (κ2) is 7.10. The maximum atomic E-state index is 12.9. The molecule has 2 heterocycles. The molecule has 1 atom stereocenters. The SMILES string of the molecule is CN1CC(=O)N(c2ccccc2)C[C@@]12CCN(C(=O)c1ccc(C#N)cc1)C2. The third-order valence-corrected chi connectivity index (χ3v) is 5.88. The molecular weight excluding hydrogens is 352 g/mol. The minimum atomic E-state index is -0.244. The first kappa shape index (κ1) is 18.2. The molecule has 0 N–H and O–H groups in total. The van der Waals surface area contributed by atoms with E-state index in [4.69, 9.17) is 5.26 Å². The molecule has 0 bridgehead atoms. The van der Waals surface area contributed by atoms with Gasteiger partial charge in [0.2, 0.25) is 5.91 Å². The standard InChI is InChI=1S/C22H22N4O2/c1-24-14-20(27)26(19-5-3-2-4-6-19)16-22(24)11-12-25(15-22)21(28)18-9-7-17(13-23)8-10-18/h2-10H,11-12,14-16H2,1H3/t22-/m0/s1. The van der Waals surface area contributed by atoms with Crippen LogP contribution in [0.2, 0.25) is 0 Å². The van der Waals surface area contributed by atoms with Gasteiger partial charge in [-0.25, -0.2) is 0 Å². The van der Waals surface area contributed by atoms with Crippen LogP contribution < -0.4 is 4.90 Å². The molecule has 142 valence electrons. The summed E-state index contributed by atoms with van der Waals surface area (Å²) in [6.07, 6.45) is 0.822. The van der Waals surface area contributed by atoms with Crippen LogP contribution in [0.4, 0.5) is 5.69 Å². The van der Waals surface area contributed by atoms with E-state index in [0.717, 1.165) is 12.1 Å². The molecule has 0 saturated carbocycles. The topological polar surface area (TPSA) is 67.7 Å². The van der Waals surface area contributed by atoms with Gasteiger partial charge in [-0.3, -0.25) is 14.5 Å². The van der Waals surface area contributed by atoms with Crippen LogP contribution in [0.1, 0.15) is 22.3 Å². The van der Waals surface area contributed by atoms with E-state index in [0.29, 0.717) is 37.3 Å². The molecule has 2 aromatic carbocycles.